The Hall–Kier alpha value is -1.95. The highest BCUT2D eigenvalue weighted by Gasteiger charge is 2.22. The van der Waals surface area contributed by atoms with Crippen LogP contribution in [0, 0.1) is 5.92 Å². The Morgan fingerprint density at radius 3 is 2.61 bits per heavy atom. The van der Waals surface area contributed by atoms with E-state index < -0.39 is 0 Å². The molecule has 128 valence electrons. The van der Waals surface area contributed by atoms with E-state index in [1.807, 2.05) is 18.2 Å². The van der Waals surface area contributed by atoms with E-state index in [1.54, 1.807) is 19.1 Å². The number of rotatable bonds is 6. The second-order valence-corrected chi connectivity index (χ2v) is 5.84. The molecule has 0 spiro atoms. The highest BCUT2D eigenvalue weighted by molar-refractivity contribution is 5.74. The van der Waals surface area contributed by atoms with Crippen molar-refractivity contribution >= 4 is 6.03 Å². The average molecular weight is 322 g/mol. The van der Waals surface area contributed by atoms with Crippen LogP contribution < -0.4 is 14.8 Å². The summed E-state index contributed by atoms with van der Waals surface area (Å²) in [4.78, 5) is 14.0. The van der Waals surface area contributed by atoms with Crippen LogP contribution in [0.3, 0.4) is 0 Å². The molecular weight excluding hydrogens is 296 g/mol. The number of carbonyl (C=O) groups excluding carboxylic acids is 1. The summed E-state index contributed by atoms with van der Waals surface area (Å²) in [7, 11) is 3.24. The van der Waals surface area contributed by atoms with Gasteiger partial charge in [0.15, 0.2) is 0 Å². The van der Waals surface area contributed by atoms with Crippen molar-refractivity contribution in [1.29, 1.82) is 0 Å². The monoisotopic (exact) mass is 322 g/mol. The molecule has 1 saturated heterocycles. The molecule has 0 bridgehead atoms. The number of urea groups is 1. The van der Waals surface area contributed by atoms with Crippen LogP contribution in [0.5, 0.6) is 11.5 Å². The Morgan fingerprint density at radius 1 is 1.30 bits per heavy atom. The van der Waals surface area contributed by atoms with E-state index in [0.717, 1.165) is 36.4 Å². The molecule has 1 atom stereocenters. The van der Waals surface area contributed by atoms with Gasteiger partial charge in [-0.3, -0.25) is 0 Å². The van der Waals surface area contributed by atoms with Gasteiger partial charge in [-0.25, -0.2) is 4.79 Å². The summed E-state index contributed by atoms with van der Waals surface area (Å²) in [5, 5.41) is 12.2. The van der Waals surface area contributed by atoms with Crippen molar-refractivity contribution in [2.75, 3.05) is 40.5 Å². The van der Waals surface area contributed by atoms with Crippen LogP contribution in [0.25, 0.3) is 0 Å². The maximum Gasteiger partial charge on any atom is 0.317 e. The van der Waals surface area contributed by atoms with Crippen LogP contribution in [-0.2, 0) is 6.42 Å². The number of nitrogens with one attached hydrogen (secondary N) is 1. The summed E-state index contributed by atoms with van der Waals surface area (Å²) in [5.74, 6) is 1.69. The highest BCUT2D eigenvalue weighted by Crippen LogP contribution is 2.22. The summed E-state index contributed by atoms with van der Waals surface area (Å²) in [6, 6.07) is 5.65. The number of piperidine rings is 1. The predicted octanol–water partition coefficient (Wildman–Crippen LogP) is 1.66. The number of hydrogen-bond acceptors (Lipinski definition) is 4. The van der Waals surface area contributed by atoms with E-state index in [9.17, 15) is 9.90 Å². The summed E-state index contributed by atoms with van der Waals surface area (Å²) >= 11 is 0. The first-order chi connectivity index (χ1) is 11.2. The maximum atomic E-state index is 12.2. The largest absolute Gasteiger partial charge is 0.497 e. The number of likely N-dealkylation sites (tertiary alicyclic amines) is 1. The van der Waals surface area contributed by atoms with Gasteiger partial charge in [0.05, 0.1) is 14.2 Å². The van der Waals surface area contributed by atoms with Gasteiger partial charge in [0.2, 0.25) is 0 Å². The summed E-state index contributed by atoms with van der Waals surface area (Å²) in [5.41, 5.74) is 1.05. The molecular formula is C17H26N2O4. The molecule has 1 heterocycles. The molecule has 23 heavy (non-hydrogen) atoms. The van der Waals surface area contributed by atoms with Crippen molar-refractivity contribution in [2.45, 2.75) is 19.3 Å². The van der Waals surface area contributed by atoms with Gasteiger partial charge in [-0.05, 0) is 42.9 Å². The fourth-order valence-electron chi connectivity index (χ4n) is 2.83. The molecule has 6 nitrogen and oxygen atoms in total. The van der Waals surface area contributed by atoms with Crippen molar-refractivity contribution in [3.05, 3.63) is 23.8 Å². The number of amides is 2. The van der Waals surface area contributed by atoms with E-state index in [-0.39, 0.29) is 18.6 Å². The molecule has 2 N–H and O–H groups in total. The summed E-state index contributed by atoms with van der Waals surface area (Å²) < 4.78 is 10.5. The number of aliphatic hydroxyl groups excluding tert-OH is 1. The normalized spacial score (nSPS) is 17.7. The van der Waals surface area contributed by atoms with Crippen LogP contribution in [-0.4, -0.2) is 56.5 Å². The van der Waals surface area contributed by atoms with Gasteiger partial charge in [-0.15, -0.1) is 0 Å². The Balaban J connectivity index is 1.83. The molecule has 2 rings (SSSR count). The van der Waals surface area contributed by atoms with Crippen molar-refractivity contribution < 1.29 is 19.4 Å². The number of benzene rings is 1. The molecule has 0 saturated carbocycles. The molecule has 1 aromatic carbocycles. The van der Waals surface area contributed by atoms with E-state index >= 15 is 0 Å². The standard InChI is InChI=1S/C17H26N2O4/c1-22-15-8-13(9-16(10-15)23-2)5-6-18-17(21)19-7-3-4-14(11-19)12-20/h8-10,14,20H,3-7,11-12H2,1-2H3,(H,18,21). The molecule has 0 aromatic heterocycles. The molecule has 2 amide bonds. The maximum absolute atomic E-state index is 12.2. The van der Waals surface area contributed by atoms with Crippen molar-refractivity contribution in [2.24, 2.45) is 5.92 Å². The molecule has 6 heteroatoms. The fourth-order valence-corrected chi connectivity index (χ4v) is 2.83. The SMILES string of the molecule is COc1cc(CCNC(=O)N2CCCC(CO)C2)cc(OC)c1. The summed E-state index contributed by atoms with van der Waals surface area (Å²) in [6.07, 6.45) is 2.65. The molecule has 1 aromatic rings. The topological polar surface area (TPSA) is 71.0 Å². The number of carbonyl (C=O) groups is 1. The molecule has 0 radical (unpaired) electrons. The van der Waals surface area contributed by atoms with Gasteiger partial charge in [0, 0.05) is 32.3 Å². The lowest BCUT2D eigenvalue weighted by Gasteiger charge is -2.31. The minimum Gasteiger partial charge on any atom is -0.497 e. The van der Waals surface area contributed by atoms with Gasteiger partial charge in [-0.1, -0.05) is 0 Å². The third-order valence-electron chi connectivity index (χ3n) is 4.17. The molecule has 0 aliphatic carbocycles. The van der Waals surface area contributed by atoms with E-state index in [4.69, 9.17) is 9.47 Å². The van der Waals surface area contributed by atoms with Gasteiger partial charge in [0.1, 0.15) is 11.5 Å². The summed E-state index contributed by atoms with van der Waals surface area (Å²) in [6.45, 7) is 2.09. The molecule has 1 aliphatic rings. The van der Waals surface area contributed by atoms with Crippen LogP contribution in [0.4, 0.5) is 4.79 Å². The number of nitrogens with zero attached hydrogens (tertiary/aromatic N) is 1. The zero-order valence-electron chi connectivity index (χ0n) is 13.9. The second kappa shape index (κ2) is 8.62. The Labute approximate surface area is 137 Å². The van der Waals surface area contributed by atoms with Crippen LogP contribution in [0.2, 0.25) is 0 Å². The number of methoxy groups -OCH3 is 2. The average Bonchev–Trinajstić information content (AvgIpc) is 2.61. The number of ether oxygens (including phenoxy) is 2. The van der Waals surface area contributed by atoms with Crippen molar-refractivity contribution in [3.8, 4) is 11.5 Å². The van der Waals surface area contributed by atoms with E-state index in [2.05, 4.69) is 5.32 Å². The number of hydrogen-bond donors (Lipinski definition) is 2. The number of aliphatic hydroxyl groups is 1. The minimum absolute atomic E-state index is 0.0574. The Morgan fingerprint density at radius 2 is 2.00 bits per heavy atom. The van der Waals surface area contributed by atoms with Crippen molar-refractivity contribution in [3.63, 3.8) is 0 Å². The Bertz CT molecular complexity index is 499. The molecule has 1 aliphatic heterocycles. The van der Waals surface area contributed by atoms with E-state index in [1.165, 1.54) is 0 Å². The predicted molar refractivity (Wildman–Crippen MR) is 88.0 cm³/mol. The van der Waals surface area contributed by atoms with Crippen LogP contribution >= 0.6 is 0 Å². The lowest BCUT2D eigenvalue weighted by atomic mass is 9.99. The van der Waals surface area contributed by atoms with Crippen LogP contribution in [0.15, 0.2) is 18.2 Å². The van der Waals surface area contributed by atoms with Gasteiger partial charge in [0.25, 0.3) is 0 Å². The zero-order chi connectivity index (χ0) is 16.7. The van der Waals surface area contributed by atoms with Crippen molar-refractivity contribution in [1.82, 2.24) is 10.2 Å². The first kappa shape index (κ1) is 17.4. The fraction of sp³-hybridized carbons (Fsp3) is 0.588. The Kier molecular flexibility index (Phi) is 6.52. The first-order valence-corrected chi connectivity index (χ1v) is 8.02. The second-order valence-electron chi connectivity index (χ2n) is 5.84. The van der Waals surface area contributed by atoms with Gasteiger partial charge < -0.3 is 24.8 Å². The van der Waals surface area contributed by atoms with Gasteiger partial charge in [-0.2, -0.15) is 0 Å². The zero-order valence-corrected chi connectivity index (χ0v) is 13.9. The smallest absolute Gasteiger partial charge is 0.317 e. The lowest BCUT2D eigenvalue weighted by Crippen LogP contribution is -2.46. The molecule has 1 unspecified atom stereocenters. The minimum atomic E-state index is -0.0574. The molecule has 1 fully saturated rings. The lowest BCUT2D eigenvalue weighted by molar-refractivity contribution is 0.129. The van der Waals surface area contributed by atoms with Gasteiger partial charge >= 0.3 is 6.03 Å². The third kappa shape index (κ3) is 5.03. The third-order valence-corrected chi connectivity index (χ3v) is 4.17. The highest BCUT2D eigenvalue weighted by atomic mass is 16.5. The van der Waals surface area contributed by atoms with E-state index in [0.29, 0.717) is 19.5 Å². The quantitative estimate of drug-likeness (QED) is 0.835. The first-order valence-electron chi connectivity index (χ1n) is 8.02. The van der Waals surface area contributed by atoms with Crippen LogP contribution in [0.1, 0.15) is 18.4 Å².